The molecule has 0 radical (unpaired) electrons. The number of rotatable bonds is 5. The summed E-state index contributed by atoms with van der Waals surface area (Å²) in [5, 5.41) is 12.7. The van der Waals surface area contributed by atoms with Gasteiger partial charge in [-0.2, -0.15) is 5.26 Å². The molecule has 7 heteroatoms. The summed E-state index contributed by atoms with van der Waals surface area (Å²) in [6.07, 6.45) is 12.6. The molecule has 1 atom stereocenters. The van der Waals surface area contributed by atoms with Crippen molar-refractivity contribution in [2.24, 2.45) is 11.8 Å². The van der Waals surface area contributed by atoms with Crippen molar-refractivity contribution in [3.8, 4) is 6.07 Å². The molecule has 1 aliphatic heterocycles. The summed E-state index contributed by atoms with van der Waals surface area (Å²) < 4.78 is 2.50. The van der Waals surface area contributed by atoms with E-state index in [1.165, 1.54) is 57.1 Å². The smallest absolute Gasteiger partial charge is 0.142 e. The average Bonchev–Trinajstić information content (AvgIpc) is 3.37. The molecule has 2 N–H and O–H groups in total. The van der Waals surface area contributed by atoms with E-state index in [9.17, 15) is 0 Å². The highest BCUT2D eigenvalue weighted by atomic mass is 32.2. The van der Waals surface area contributed by atoms with E-state index < -0.39 is 0 Å². The lowest BCUT2D eigenvalue weighted by molar-refractivity contribution is 0.388. The first-order chi connectivity index (χ1) is 13.3. The van der Waals surface area contributed by atoms with Gasteiger partial charge in [0.25, 0.3) is 0 Å². The van der Waals surface area contributed by atoms with Crippen LogP contribution >= 0.6 is 11.9 Å². The molecule has 1 saturated carbocycles. The quantitative estimate of drug-likeness (QED) is 0.739. The van der Waals surface area contributed by atoms with Crippen LogP contribution in [-0.4, -0.2) is 45.1 Å². The number of nitrogens with zero attached hydrogens (tertiary/aromatic N) is 4. The number of aromatic nitrogens is 3. The fourth-order valence-electron chi connectivity index (χ4n) is 3.85. The van der Waals surface area contributed by atoms with Crippen molar-refractivity contribution in [3.05, 3.63) is 18.6 Å². The number of fused-ring (bicyclic) bond motifs is 1. The van der Waals surface area contributed by atoms with Crippen LogP contribution in [0.1, 0.15) is 44.9 Å². The van der Waals surface area contributed by atoms with E-state index in [1.54, 1.807) is 0 Å². The largest absolute Gasteiger partial charge is 0.372 e. The van der Waals surface area contributed by atoms with Crippen molar-refractivity contribution in [1.29, 1.82) is 5.26 Å². The van der Waals surface area contributed by atoms with Crippen LogP contribution in [-0.2, 0) is 0 Å². The Bertz CT molecular complexity index is 733. The Morgan fingerprint density at radius 3 is 2.89 bits per heavy atom. The summed E-state index contributed by atoms with van der Waals surface area (Å²) in [4.78, 5) is 11.1. The first kappa shape index (κ1) is 20.0. The minimum atomic E-state index is 0.642. The average molecular weight is 387 g/mol. The molecular formula is C20H30N6S. The summed E-state index contributed by atoms with van der Waals surface area (Å²) in [6.45, 7) is 2.34. The summed E-state index contributed by atoms with van der Waals surface area (Å²) in [7, 11) is 1.84. The maximum atomic E-state index is 8.67. The highest BCUT2D eigenvalue weighted by Gasteiger charge is 2.23. The normalized spacial score (nSPS) is 20.8. The minimum Gasteiger partial charge on any atom is -0.372 e. The van der Waals surface area contributed by atoms with Crippen LogP contribution in [0.25, 0.3) is 11.0 Å². The van der Waals surface area contributed by atoms with E-state index in [-0.39, 0.29) is 0 Å². The van der Waals surface area contributed by atoms with Gasteiger partial charge in [-0.3, -0.25) is 4.31 Å². The van der Waals surface area contributed by atoms with Crippen molar-refractivity contribution < 1.29 is 0 Å². The lowest BCUT2D eigenvalue weighted by Gasteiger charge is -2.23. The number of H-pyrrole nitrogens is 1. The third-order valence-corrected chi connectivity index (χ3v) is 6.75. The van der Waals surface area contributed by atoms with Crippen molar-refractivity contribution in [2.45, 2.75) is 44.9 Å². The van der Waals surface area contributed by atoms with Crippen LogP contribution in [0.15, 0.2) is 18.6 Å². The van der Waals surface area contributed by atoms with E-state index in [2.05, 4.69) is 30.6 Å². The lowest BCUT2D eigenvalue weighted by Crippen LogP contribution is -2.17. The molecular weight excluding hydrogens is 356 g/mol. The molecule has 146 valence electrons. The molecule has 0 amide bonds. The third-order valence-electron chi connectivity index (χ3n) is 5.44. The molecule has 0 spiro atoms. The van der Waals surface area contributed by atoms with E-state index in [0.717, 1.165) is 35.7 Å². The zero-order chi connectivity index (χ0) is 18.9. The molecule has 2 aromatic rings. The van der Waals surface area contributed by atoms with Crippen LogP contribution in [0, 0.1) is 23.2 Å². The summed E-state index contributed by atoms with van der Waals surface area (Å²) in [6, 6.07) is 4.25. The Labute approximate surface area is 166 Å². The first-order valence-electron chi connectivity index (χ1n) is 10.0. The maximum absolute atomic E-state index is 8.67. The molecule has 3 heterocycles. The van der Waals surface area contributed by atoms with Crippen LogP contribution < -0.4 is 5.32 Å². The van der Waals surface area contributed by atoms with Gasteiger partial charge in [-0.1, -0.05) is 31.2 Å². The van der Waals surface area contributed by atoms with E-state index in [0.29, 0.717) is 5.92 Å². The Kier molecular flexibility index (Phi) is 7.79. The zero-order valence-electron chi connectivity index (χ0n) is 16.2. The topological polar surface area (TPSA) is 80.6 Å². The predicted molar refractivity (Wildman–Crippen MR) is 112 cm³/mol. The van der Waals surface area contributed by atoms with Crippen molar-refractivity contribution in [3.63, 3.8) is 0 Å². The second-order valence-corrected chi connectivity index (χ2v) is 8.52. The van der Waals surface area contributed by atoms with E-state index in [1.807, 2.05) is 31.3 Å². The second-order valence-electron chi connectivity index (χ2n) is 7.42. The number of hydrogen-bond acceptors (Lipinski definition) is 6. The standard InChI is InChI=1S/C13H22N2S.C7H8N4/c14-8-6-12-7-9-15(10-12)16-11-13-4-2-1-3-5-13;1-8-6-5-2-3-9-7(5)11-4-10-6/h12-13H,1-7,9-11H2;2-4H,1H3,(H2,8,9,10,11). The van der Waals surface area contributed by atoms with Gasteiger partial charge in [0, 0.05) is 38.5 Å². The van der Waals surface area contributed by atoms with Gasteiger partial charge in [0.05, 0.1) is 11.5 Å². The maximum Gasteiger partial charge on any atom is 0.142 e. The Hall–Kier alpha value is -1.78. The molecule has 1 unspecified atom stereocenters. The van der Waals surface area contributed by atoms with Gasteiger partial charge in [0.1, 0.15) is 17.8 Å². The Balaban J connectivity index is 0.000000166. The van der Waals surface area contributed by atoms with Crippen molar-refractivity contribution in [1.82, 2.24) is 19.3 Å². The molecule has 27 heavy (non-hydrogen) atoms. The van der Waals surface area contributed by atoms with Gasteiger partial charge >= 0.3 is 0 Å². The number of anilines is 1. The molecule has 2 aliphatic rings. The number of hydrogen-bond donors (Lipinski definition) is 2. The zero-order valence-corrected chi connectivity index (χ0v) is 17.0. The third kappa shape index (κ3) is 5.85. The van der Waals surface area contributed by atoms with Crippen molar-refractivity contribution >= 4 is 28.8 Å². The van der Waals surface area contributed by atoms with Gasteiger partial charge in [-0.05, 0) is 37.2 Å². The molecule has 4 rings (SSSR count). The highest BCUT2D eigenvalue weighted by Crippen LogP contribution is 2.31. The van der Waals surface area contributed by atoms with Gasteiger partial charge < -0.3 is 10.3 Å². The van der Waals surface area contributed by atoms with Crippen LogP contribution in [0.5, 0.6) is 0 Å². The fraction of sp³-hybridized carbons (Fsp3) is 0.650. The van der Waals surface area contributed by atoms with Crippen LogP contribution in [0.4, 0.5) is 5.82 Å². The second kappa shape index (κ2) is 10.5. The number of aromatic amines is 1. The SMILES string of the molecule is CNc1ncnc2[nH]ccc12.N#CCC1CCN(SCC2CCCCC2)C1. The van der Waals surface area contributed by atoms with Gasteiger partial charge in [-0.15, -0.1) is 0 Å². The van der Waals surface area contributed by atoms with Gasteiger partial charge in [-0.25, -0.2) is 9.97 Å². The molecule has 2 fully saturated rings. The Morgan fingerprint density at radius 1 is 1.26 bits per heavy atom. The Morgan fingerprint density at radius 2 is 2.11 bits per heavy atom. The van der Waals surface area contributed by atoms with E-state index in [4.69, 9.17) is 5.26 Å². The highest BCUT2D eigenvalue weighted by molar-refractivity contribution is 7.97. The minimum absolute atomic E-state index is 0.642. The fourth-order valence-corrected chi connectivity index (χ4v) is 5.15. The molecule has 0 bridgehead atoms. The van der Waals surface area contributed by atoms with Crippen molar-refractivity contribution in [2.75, 3.05) is 31.2 Å². The summed E-state index contributed by atoms with van der Waals surface area (Å²) in [5.74, 6) is 3.79. The predicted octanol–water partition coefficient (Wildman–Crippen LogP) is 4.45. The summed E-state index contributed by atoms with van der Waals surface area (Å²) in [5.41, 5.74) is 0.865. The van der Waals surface area contributed by atoms with Crippen LogP contribution in [0.3, 0.4) is 0 Å². The molecule has 6 nitrogen and oxygen atoms in total. The molecule has 0 aromatic carbocycles. The molecule has 2 aromatic heterocycles. The summed E-state index contributed by atoms with van der Waals surface area (Å²) >= 11 is 2.04. The van der Waals surface area contributed by atoms with Gasteiger partial charge in [0.15, 0.2) is 0 Å². The van der Waals surface area contributed by atoms with E-state index >= 15 is 0 Å². The monoisotopic (exact) mass is 386 g/mol. The molecule has 1 saturated heterocycles. The van der Waals surface area contributed by atoms with Gasteiger partial charge in [0.2, 0.25) is 0 Å². The first-order valence-corrected chi connectivity index (χ1v) is 10.9. The molecule has 1 aliphatic carbocycles. The van der Waals surface area contributed by atoms with Crippen LogP contribution in [0.2, 0.25) is 0 Å². The number of nitrogens with one attached hydrogen (secondary N) is 2. The number of nitriles is 1. The lowest BCUT2D eigenvalue weighted by atomic mass is 9.91.